The third-order valence-corrected chi connectivity index (χ3v) is 6.22. The van der Waals surface area contributed by atoms with E-state index in [1.54, 1.807) is 0 Å². The molecule has 0 heterocycles. The molecule has 2 aliphatic carbocycles. The Balaban J connectivity index is 0.000000233. The quantitative estimate of drug-likeness (QED) is 0.209. The van der Waals surface area contributed by atoms with E-state index < -0.39 is 36.3 Å². The third-order valence-electron chi connectivity index (χ3n) is 6.22. The highest BCUT2D eigenvalue weighted by atomic mass is 19.4. The summed E-state index contributed by atoms with van der Waals surface area (Å²) in [6, 6.07) is 16.4. The average molecular weight is 560 g/mol. The van der Waals surface area contributed by atoms with Gasteiger partial charge in [0.05, 0.1) is 0 Å². The van der Waals surface area contributed by atoms with Crippen LogP contribution in [-0.4, -0.2) is 35.0 Å². The standard InChI is InChI=1S/C21H16O2.C7H5F9/c22-21(23)13-20(18-11-9-14-5-1-3-7-16(14)18)19-12-10-15-6-2-4-8-17(15)19;1-2-3-4(8,9)5(10,11)6(12,13)7(14,15)16/h1-13,18-19H,(H,22,23);2H,1,3H2. The molecule has 208 valence electrons. The molecule has 0 aromatic heterocycles. The Kier molecular flexibility index (Phi) is 8.23. The molecule has 0 fully saturated rings. The van der Waals surface area contributed by atoms with Crippen molar-refractivity contribution in [3.8, 4) is 0 Å². The van der Waals surface area contributed by atoms with E-state index in [0.29, 0.717) is 0 Å². The lowest BCUT2D eigenvalue weighted by atomic mass is 9.81. The monoisotopic (exact) mass is 560 g/mol. The number of allylic oxidation sites excluding steroid dienone is 4. The van der Waals surface area contributed by atoms with Gasteiger partial charge in [-0.3, -0.25) is 0 Å². The molecule has 2 aromatic rings. The minimum atomic E-state index is -6.81. The summed E-state index contributed by atoms with van der Waals surface area (Å²) in [5.74, 6) is -19.7. The number of carbonyl (C=O) groups is 1. The molecule has 11 heteroatoms. The van der Waals surface area contributed by atoms with Crippen LogP contribution in [0.3, 0.4) is 0 Å². The Labute approximate surface area is 217 Å². The van der Waals surface area contributed by atoms with Gasteiger partial charge in [0.25, 0.3) is 0 Å². The molecule has 0 bridgehead atoms. The van der Waals surface area contributed by atoms with Crippen LogP contribution >= 0.6 is 0 Å². The molecule has 2 atom stereocenters. The lowest BCUT2D eigenvalue weighted by Crippen LogP contribution is -2.60. The number of carboxylic acids is 1. The first-order chi connectivity index (χ1) is 18.0. The van der Waals surface area contributed by atoms with Crippen molar-refractivity contribution in [2.75, 3.05) is 0 Å². The fraction of sp³-hybridized carbons (Fsp3) is 0.250. The van der Waals surface area contributed by atoms with Crippen molar-refractivity contribution in [3.63, 3.8) is 0 Å². The van der Waals surface area contributed by atoms with Gasteiger partial charge < -0.3 is 5.11 Å². The van der Waals surface area contributed by atoms with Gasteiger partial charge in [0.1, 0.15) is 0 Å². The molecule has 0 radical (unpaired) electrons. The van der Waals surface area contributed by atoms with Crippen LogP contribution in [0.15, 0.2) is 85.0 Å². The summed E-state index contributed by atoms with van der Waals surface area (Å²) >= 11 is 0. The predicted molar refractivity (Wildman–Crippen MR) is 128 cm³/mol. The lowest BCUT2D eigenvalue weighted by molar-refractivity contribution is -0.395. The zero-order chi connectivity index (χ0) is 29.2. The third kappa shape index (κ3) is 5.67. The molecule has 0 saturated heterocycles. The molecule has 2 aliphatic rings. The zero-order valence-electron chi connectivity index (χ0n) is 19.9. The van der Waals surface area contributed by atoms with E-state index in [1.165, 1.54) is 28.3 Å². The van der Waals surface area contributed by atoms with Crippen LogP contribution in [0.1, 0.15) is 40.5 Å². The maximum atomic E-state index is 12.4. The van der Waals surface area contributed by atoms with E-state index >= 15 is 0 Å². The fourth-order valence-electron chi connectivity index (χ4n) is 4.31. The molecule has 0 saturated carbocycles. The first-order valence-corrected chi connectivity index (χ1v) is 11.3. The summed E-state index contributed by atoms with van der Waals surface area (Å²) in [5, 5.41) is 9.38. The number of aliphatic carboxylic acids is 1. The summed E-state index contributed by atoms with van der Waals surface area (Å²) in [4.78, 5) is 11.4. The number of fused-ring (bicyclic) bond motifs is 2. The average Bonchev–Trinajstić information content (AvgIpc) is 3.47. The summed E-state index contributed by atoms with van der Waals surface area (Å²) in [6.45, 7) is 2.56. The van der Waals surface area contributed by atoms with E-state index in [0.717, 1.165) is 5.57 Å². The first-order valence-electron chi connectivity index (χ1n) is 11.3. The normalized spacial score (nSPS) is 18.1. The number of rotatable bonds is 7. The number of hydrogen-bond donors (Lipinski definition) is 1. The highest BCUT2D eigenvalue weighted by molar-refractivity contribution is 5.83. The van der Waals surface area contributed by atoms with Gasteiger partial charge in [0.2, 0.25) is 0 Å². The van der Waals surface area contributed by atoms with Gasteiger partial charge in [0.15, 0.2) is 0 Å². The van der Waals surface area contributed by atoms with Crippen LogP contribution in [0.4, 0.5) is 39.5 Å². The smallest absolute Gasteiger partial charge is 0.460 e. The zero-order valence-corrected chi connectivity index (χ0v) is 19.9. The van der Waals surface area contributed by atoms with Gasteiger partial charge in [-0.05, 0) is 27.8 Å². The molecule has 0 spiro atoms. The summed E-state index contributed by atoms with van der Waals surface area (Å²) in [6.07, 6.45) is 1.13. The topological polar surface area (TPSA) is 37.3 Å². The largest absolute Gasteiger partial charge is 0.478 e. The second-order valence-corrected chi connectivity index (χ2v) is 8.76. The van der Waals surface area contributed by atoms with Crippen LogP contribution in [0.2, 0.25) is 0 Å². The number of hydrogen-bond acceptors (Lipinski definition) is 1. The molecule has 0 amide bonds. The van der Waals surface area contributed by atoms with Gasteiger partial charge in [-0.1, -0.05) is 78.9 Å². The second-order valence-electron chi connectivity index (χ2n) is 8.76. The van der Waals surface area contributed by atoms with Crippen molar-refractivity contribution in [2.45, 2.75) is 42.2 Å². The van der Waals surface area contributed by atoms with Gasteiger partial charge in [-0.15, -0.1) is 6.58 Å². The Morgan fingerprint density at radius 3 is 1.59 bits per heavy atom. The SMILES string of the molecule is C=CCC(F)(F)C(F)(F)C(F)(F)C(F)(F)F.O=C(O)C=C(C1C=Cc2ccccc21)C1C=Cc2ccccc21. The van der Waals surface area contributed by atoms with Crippen LogP contribution in [0, 0.1) is 0 Å². The van der Waals surface area contributed by atoms with Crippen LogP contribution in [-0.2, 0) is 4.79 Å². The van der Waals surface area contributed by atoms with Gasteiger partial charge >= 0.3 is 29.9 Å². The predicted octanol–water partition coefficient (Wildman–Crippen LogP) is 8.65. The Bertz CT molecular complexity index is 1260. The maximum Gasteiger partial charge on any atom is 0.460 e. The molecule has 1 N–H and O–H groups in total. The highest BCUT2D eigenvalue weighted by Gasteiger charge is 2.81. The van der Waals surface area contributed by atoms with Crippen molar-refractivity contribution in [1.82, 2.24) is 0 Å². The fourth-order valence-corrected chi connectivity index (χ4v) is 4.31. The van der Waals surface area contributed by atoms with E-state index in [1.807, 2.05) is 24.3 Å². The number of alkyl halides is 9. The molecule has 2 unspecified atom stereocenters. The van der Waals surface area contributed by atoms with Crippen molar-refractivity contribution >= 4 is 18.1 Å². The Morgan fingerprint density at radius 1 is 0.769 bits per heavy atom. The Hall–Kier alpha value is -3.76. The summed E-state index contributed by atoms with van der Waals surface area (Å²) in [7, 11) is 0. The minimum absolute atomic E-state index is 0.0168. The Morgan fingerprint density at radius 2 is 1.21 bits per heavy atom. The van der Waals surface area contributed by atoms with Crippen LogP contribution in [0.5, 0.6) is 0 Å². The second kappa shape index (κ2) is 10.8. The molecule has 2 aromatic carbocycles. The number of benzene rings is 2. The molecular weight excluding hydrogens is 539 g/mol. The van der Waals surface area contributed by atoms with E-state index in [9.17, 15) is 49.4 Å². The van der Waals surface area contributed by atoms with Crippen molar-refractivity contribution in [1.29, 1.82) is 0 Å². The maximum absolute atomic E-state index is 12.4. The molecule has 4 rings (SSSR count). The number of carboxylic acid groups (broad SMARTS) is 1. The lowest BCUT2D eigenvalue weighted by Gasteiger charge is -2.33. The van der Waals surface area contributed by atoms with Crippen molar-refractivity contribution in [2.24, 2.45) is 0 Å². The first kappa shape index (κ1) is 29.8. The van der Waals surface area contributed by atoms with E-state index in [-0.39, 0.29) is 17.9 Å². The van der Waals surface area contributed by atoms with Crippen molar-refractivity contribution < 1.29 is 49.4 Å². The van der Waals surface area contributed by atoms with Crippen molar-refractivity contribution in [3.05, 3.63) is 107 Å². The number of halogens is 9. The van der Waals surface area contributed by atoms with Gasteiger partial charge in [0, 0.05) is 24.3 Å². The van der Waals surface area contributed by atoms with Crippen LogP contribution in [0.25, 0.3) is 12.2 Å². The highest BCUT2D eigenvalue weighted by Crippen LogP contribution is 2.54. The molecule has 39 heavy (non-hydrogen) atoms. The molecular formula is C28H21F9O2. The van der Waals surface area contributed by atoms with Crippen LogP contribution < -0.4 is 0 Å². The van der Waals surface area contributed by atoms with E-state index in [2.05, 4.69) is 55.1 Å². The summed E-state index contributed by atoms with van der Waals surface area (Å²) < 4.78 is 108. The van der Waals surface area contributed by atoms with E-state index in [4.69, 9.17) is 0 Å². The minimum Gasteiger partial charge on any atom is -0.478 e. The van der Waals surface area contributed by atoms with Gasteiger partial charge in [-0.25, -0.2) is 4.79 Å². The summed E-state index contributed by atoms with van der Waals surface area (Å²) in [5.41, 5.74) is 5.61. The molecule has 2 nitrogen and oxygen atoms in total. The van der Waals surface area contributed by atoms with Gasteiger partial charge in [-0.2, -0.15) is 39.5 Å². The molecule has 0 aliphatic heterocycles.